The third-order valence-electron chi connectivity index (χ3n) is 3.93. The lowest BCUT2D eigenvalue weighted by Gasteiger charge is -2.29. The van der Waals surface area contributed by atoms with Crippen molar-refractivity contribution in [2.24, 2.45) is 0 Å². The van der Waals surface area contributed by atoms with Gasteiger partial charge in [-0.25, -0.2) is 0 Å². The summed E-state index contributed by atoms with van der Waals surface area (Å²) in [7, 11) is 0. The molecule has 0 N–H and O–H groups in total. The van der Waals surface area contributed by atoms with E-state index >= 15 is 0 Å². The molecule has 0 saturated carbocycles. The van der Waals surface area contributed by atoms with E-state index in [0.717, 1.165) is 0 Å². The average Bonchev–Trinajstić information content (AvgIpc) is 2.68. The molecule has 0 amide bonds. The first-order chi connectivity index (χ1) is 8.80. The van der Waals surface area contributed by atoms with E-state index in [4.69, 9.17) is 0 Å². The van der Waals surface area contributed by atoms with E-state index in [2.05, 4.69) is 48.9 Å². The molecule has 94 valence electrons. The first-order valence-electron chi connectivity index (χ1n) is 6.30. The van der Waals surface area contributed by atoms with Crippen LogP contribution >= 0.6 is 23.5 Å². The summed E-state index contributed by atoms with van der Waals surface area (Å²) in [5, 5.41) is 2.94. The van der Waals surface area contributed by atoms with Gasteiger partial charge in [0, 0.05) is 16.9 Å². The number of thioether (sulfide) groups is 2. The minimum absolute atomic E-state index is 0.349. The molecule has 2 aromatic carbocycles. The zero-order valence-corrected chi connectivity index (χ0v) is 12.5. The molecule has 0 saturated heterocycles. The van der Waals surface area contributed by atoms with Gasteiger partial charge in [-0.2, -0.15) is 23.5 Å². The van der Waals surface area contributed by atoms with Crippen LogP contribution in [0.15, 0.2) is 36.4 Å². The molecule has 0 aromatic heterocycles. The van der Waals surface area contributed by atoms with Crippen molar-refractivity contribution in [1.29, 1.82) is 0 Å². The van der Waals surface area contributed by atoms with Crippen LogP contribution in [-0.2, 0) is 11.8 Å². The monoisotopic (exact) mass is 274 g/mol. The summed E-state index contributed by atoms with van der Waals surface area (Å²) in [6, 6.07) is 13.6. The van der Waals surface area contributed by atoms with Gasteiger partial charge in [-0.1, -0.05) is 36.4 Å². The fraction of sp³-hybridized carbons (Fsp3) is 0.375. The minimum Gasteiger partial charge on any atom is -0.164 e. The van der Waals surface area contributed by atoms with Gasteiger partial charge in [0.2, 0.25) is 0 Å². The largest absolute Gasteiger partial charge is 0.164 e. The van der Waals surface area contributed by atoms with E-state index in [9.17, 15) is 0 Å². The number of benzene rings is 2. The molecule has 0 fully saturated rings. The van der Waals surface area contributed by atoms with Crippen molar-refractivity contribution >= 4 is 34.3 Å². The summed E-state index contributed by atoms with van der Waals surface area (Å²) in [5.41, 5.74) is 3.48. The first-order valence-corrected chi connectivity index (χ1v) is 9.08. The maximum absolute atomic E-state index is 2.35. The quantitative estimate of drug-likeness (QED) is 0.812. The Bertz CT molecular complexity index is 563. The summed E-state index contributed by atoms with van der Waals surface area (Å²) in [6.07, 6.45) is 5.67. The van der Waals surface area contributed by atoms with Gasteiger partial charge < -0.3 is 0 Å². The Labute approximate surface area is 118 Å². The Hall–Kier alpha value is -0.600. The summed E-state index contributed by atoms with van der Waals surface area (Å²) < 4.78 is 0. The van der Waals surface area contributed by atoms with Crippen LogP contribution in [0.5, 0.6) is 0 Å². The van der Waals surface area contributed by atoms with Crippen LogP contribution in [0.4, 0.5) is 0 Å². The molecule has 0 radical (unpaired) electrons. The second-order valence-electron chi connectivity index (χ2n) is 5.14. The van der Waals surface area contributed by atoms with Crippen molar-refractivity contribution in [1.82, 2.24) is 0 Å². The standard InChI is InChI=1S/C16H18S2/c1-17-10-16(11-18-2)9-13-7-3-5-12-6-4-8-14(16)15(12)13/h3-8H,9-11H2,1-2H3. The van der Waals surface area contributed by atoms with Crippen molar-refractivity contribution in [3.8, 4) is 0 Å². The topological polar surface area (TPSA) is 0 Å². The normalized spacial score (nSPS) is 16.3. The highest BCUT2D eigenvalue weighted by atomic mass is 32.2. The van der Waals surface area contributed by atoms with Crippen LogP contribution in [0, 0.1) is 0 Å². The Balaban J connectivity index is 2.22. The predicted molar refractivity (Wildman–Crippen MR) is 86.1 cm³/mol. The highest BCUT2D eigenvalue weighted by Crippen LogP contribution is 2.45. The van der Waals surface area contributed by atoms with Crippen LogP contribution in [0.2, 0.25) is 0 Å². The van der Waals surface area contributed by atoms with E-state index < -0.39 is 0 Å². The van der Waals surface area contributed by atoms with Gasteiger partial charge >= 0.3 is 0 Å². The van der Waals surface area contributed by atoms with Gasteiger partial charge in [-0.15, -0.1) is 0 Å². The lowest BCUT2D eigenvalue weighted by atomic mass is 9.85. The van der Waals surface area contributed by atoms with E-state index in [-0.39, 0.29) is 0 Å². The fourth-order valence-corrected chi connectivity index (χ4v) is 5.27. The van der Waals surface area contributed by atoms with Gasteiger partial charge in [0.05, 0.1) is 0 Å². The molecule has 1 aliphatic rings. The van der Waals surface area contributed by atoms with Crippen molar-refractivity contribution in [3.63, 3.8) is 0 Å². The number of hydrogen-bond acceptors (Lipinski definition) is 2. The molecule has 0 aliphatic heterocycles. The lowest BCUT2D eigenvalue weighted by Crippen LogP contribution is -2.31. The van der Waals surface area contributed by atoms with Crippen LogP contribution in [-0.4, -0.2) is 24.0 Å². The molecular weight excluding hydrogens is 256 g/mol. The second kappa shape index (κ2) is 4.82. The molecule has 0 heterocycles. The van der Waals surface area contributed by atoms with E-state index in [1.807, 2.05) is 23.5 Å². The predicted octanol–water partition coefficient (Wildman–Crippen LogP) is 4.36. The molecule has 2 heteroatoms. The van der Waals surface area contributed by atoms with Crippen LogP contribution < -0.4 is 0 Å². The molecule has 3 rings (SSSR count). The highest BCUT2D eigenvalue weighted by Gasteiger charge is 2.38. The molecule has 1 aliphatic carbocycles. The third kappa shape index (κ3) is 1.78. The van der Waals surface area contributed by atoms with Gasteiger partial charge in [0.25, 0.3) is 0 Å². The molecule has 0 atom stereocenters. The summed E-state index contributed by atoms with van der Waals surface area (Å²) in [5.74, 6) is 2.45. The molecular formula is C16H18S2. The third-order valence-corrected chi connectivity index (χ3v) is 5.61. The van der Waals surface area contributed by atoms with Crippen LogP contribution in [0.1, 0.15) is 11.1 Å². The minimum atomic E-state index is 0.349. The Morgan fingerprint density at radius 3 is 2.33 bits per heavy atom. The lowest BCUT2D eigenvalue weighted by molar-refractivity contribution is 0.569. The van der Waals surface area contributed by atoms with Crippen LogP contribution in [0.25, 0.3) is 10.8 Å². The Morgan fingerprint density at radius 2 is 1.67 bits per heavy atom. The second-order valence-corrected chi connectivity index (χ2v) is 6.88. The van der Waals surface area contributed by atoms with Crippen molar-refractivity contribution in [2.45, 2.75) is 11.8 Å². The maximum atomic E-state index is 2.35. The summed E-state index contributed by atoms with van der Waals surface area (Å²) >= 11 is 3.96. The van der Waals surface area contributed by atoms with Crippen LogP contribution in [0.3, 0.4) is 0 Å². The SMILES string of the molecule is CSCC1(CSC)Cc2cccc3cccc1c23. The van der Waals surface area contributed by atoms with E-state index in [0.29, 0.717) is 5.41 Å². The van der Waals surface area contributed by atoms with Crippen molar-refractivity contribution in [3.05, 3.63) is 47.5 Å². The average molecular weight is 274 g/mol. The molecule has 0 unspecified atom stereocenters. The number of hydrogen-bond donors (Lipinski definition) is 0. The smallest absolute Gasteiger partial charge is 0.0180 e. The van der Waals surface area contributed by atoms with Gasteiger partial charge in [-0.3, -0.25) is 0 Å². The van der Waals surface area contributed by atoms with Crippen molar-refractivity contribution in [2.75, 3.05) is 24.0 Å². The molecule has 18 heavy (non-hydrogen) atoms. The molecule has 0 spiro atoms. The zero-order chi connectivity index (χ0) is 12.6. The summed E-state index contributed by atoms with van der Waals surface area (Å²) in [6.45, 7) is 0. The zero-order valence-electron chi connectivity index (χ0n) is 10.9. The van der Waals surface area contributed by atoms with Gasteiger partial charge in [0.1, 0.15) is 0 Å². The molecule has 0 bridgehead atoms. The maximum Gasteiger partial charge on any atom is 0.0180 e. The van der Waals surface area contributed by atoms with E-state index in [1.54, 1.807) is 11.1 Å². The fourth-order valence-electron chi connectivity index (χ4n) is 3.32. The van der Waals surface area contributed by atoms with Gasteiger partial charge in [0.15, 0.2) is 0 Å². The highest BCUT2D eigenvalue weighted by molar-refractivity contribution is 7.99. The molecule has 2 aromatic rings. The Kier molecular flexibility index (Phi) is 3.33. The first kappa shape index (κ1) is 12.4. The summed E-state index contributed by atoms with van der Waals surface area (Å²) in [4.78, 5) is 0. The number of rotatable bonds is 4. The van der Waals surface area contributed by atoms with E-state index in [1.165, 1.54) is 28.7 Å². The Morgan fingerprint density at radius 1 is 1.00 bits per heavy atom. The van der Waals surface area contributed by atoms with Crippen molar-refractivity contribution < 1.29 is 0 Å². The molecule has 0 nitrogen and oxygen atoms in total. The van der Waals surface area contributed by atoms with Gasteiger partial charge in [-0.05, 0) is 40.8 Å².